The fourth-order valence-corrected chi connectivity index (χ4v) is 3.37. The van der Waals surface area contributed by atoms with Crippen molar-refractivity contribution in [1.29, 1.82) is 0 Å². The number of methoxy groups -OCH3 is 1. The van der Waals surface area contributed by atoms with Crippen molar-refractivity contribution in [2.45, 2.75) is 19.0 Å². The fourth-order valence-electron chi connectivity index (χ4n) is 3.37. The van der Waals surface area contributed by atoms with Crippen LogP contribution in [0.25, 0.3) is 0 Å². The highest BCUT2D eigenvalue weighted by Crippen LogP contribution is 2.27. The molecule has 0 fully saturated rings. The molecule has 0 spiro atoms. The topological polar surface area (TPSA) is 79.7 Å². The van der Waals surface area contributed by atoms with Gasteiger partial charge in [-0.1, -0.05) is 12.1 Å². The average molecular weight is 385 g/mol. The van der Waals surface area contributed by atoms with E-state index in [1.54, 1.807) is 16.7 Å². The van der Waals surface area contributed by atoms with Gasteiger partial charge in [0.1, 0.15) is 5.75 Å². The second kappa shape index (κ2) is 8.43. The van der Waals surface area contributed by atoms with Gasteiger partial charge in [-0.05, 0) is 31.8 Å². The minimum Gasteiger partial charge on any atom is -0.497 e. The molecule has 2 heterocycles. The van der Waals surface area contributed by atoms with Crippen molar-refractivity contribution in [1.82, 2.24) is 24.9 Å². The third kappa shape index (κ3) is 4.51. The molecule has 0 unspecified atom stereocenters. The van der Waals surface area contributed by atoms with Crippen LogP contribution in [0.15, 0.2) is 30.5 Å². The Morgan fingerprint density at radius 1 is 1.29 bits per heavy atom. The molecule has 1 aromatic carbocycles. The molecular weight excluding hydrogens is 358 g/mol. The number of aromatic nitrogens is 2. The quantitative estimate of drug-likeness (QED) is 0.793. The summed E-state index contributed by atoms with van der Waals surface area (Å²) in [6, 6.07) is 7.55. The van der Waals surface area contributed by atoms with Crippen LogP contribution in [-0.4, -0.2) is 65.7 Å². The molecule has 8 nitrogen and oxygen atoms in total. The fraction of sp³-hybridized carbons (Fsp3) is 0.450. The Balaban J connectivity index is 1.72. The van der Waals surface area contributed by atoms with Crippen LogP contribution in [0.2, 0.25) is 0 Å². The molecule has 150 valence electrons. The van der Waals surface area contributed by atoms with Gasteiger partial charge in [-0.3, -0.25) is 14.3 Å². The second-order valence-corrected chi connectivity index (χ2v) is 7.34. The Bertz CT molecular complexity index is 844. The lowest BCUT2D eigenvalue weighted by molar-refractivity contribution is -0.134. The Labute approximate surface area is 165 Å². The molecule has 28 heavy (non-hydrogen) atoms. The van der Waals surface area contributed by atoms with Gasteiger partial charge in [-0.25, -0.2) is 0 Å². The van der Waals surface area contributed by atoms with Crippen LogP contribution in [0.4, 0.5) is 0 Å². The number of nitrogens with zero attached hydrogens (tertiary/aromatic N) is 4. The number of benzene rings is 1. The van der Waals surface area contributed by atoms with Gasteiger partial charge in [0.05, 0.1) is 25.3 Å². The number of ether oxygens (including phenoxy) is 1. The van der Waals surface area contributed by atoms with E-state index in [-0.39, 0.29) is 11.8 Å². The van der Waals surface area contributed by atoms with Crippen molar-refractivity contribution in [3.05, 3.63) is 47.3 Å². The van der Waals surface area contributed by atoms with Crippen LogP contribution < -0.4 is 10.1 Å². The monoisotopic (exact) mass is 385 g/mol. The molecule has 0 saturated heterocycles. The summed E-state index contributed by atoms with van der Waals surface area (Å²) in [5.41, 5.74) is 2.65. The number of hydrogen-bond donors (Lipinski definition) is 1. The Hall–Kier alpha value is -2.87. The third-order valence-corrected chi connectivity index (χ3v) is 4.78. The summed E-state index contributed by atoms with van der Waals surface area (Å²) in [7, 11) is 7.16. The van der Waals surface area contributed by atoms with Crippen LogP contribution in [0.3, 0.4) is 0 Å². The van der Waals surface area contributed by atoms with Crippen molar-refractivity contribution in [3.8, 4) is 5.75 Å². The molecule has 1 N–H and O–H groups in total. The van der Waals surface area contributed by atoms with E-state index in [0.29, 0.717) is 26.2 Å². The first kappa shape index (κ1) is 19.9. The number of aryl methyl sites for hydroxylation is 1. The van der Waals surface area contributed by atoms with Gasteiger partial charge >= 0.3 is 0 Å². The molecule has 2 amide bonds. The largest absolute Gasteiger partial charge is 0.497 e. The zero-order chi connectivity index (χ0) is 20.3. The van der Waals surface area contributed by atoms with Crippen LogP contribution in [0.1, 0.15) is 22.7 Å². The molecular formula is C20H27N5O3. The predicted molar refractivity (Wildman–Crippen MR) is 105 cm³/mol. The van der Waals surface area contributed by atoms with E-state index < -0.39 is 5.92 Å². The molecule has 1 atom stereocenters. The summed E-state index contributed by atoms with van der Waals surface area (Å²) in [4.78, 5) is 29.0. The molecule has 1 aliphatic rings. The molecule has 0 bridgehead atoms. The minimum absolute atomic E-state index is 0.00691. The Kier molecular flexibility index (Phi) is 5.99. The molecule has 0 radical (unpaired) electrons. The van der Waals surface area contributed by atoms with E-state index in [9.17, 15) is 9.59 Å². The zero-order valence-corrected chi connectivity index (χ0v) is 16.8. The molecule has 8 heteroatoms. The van der Waals surface area contributed by atoms with Gasteiger partial charge in [0.2, 0.25) is 11.8 Å². The number of fused-ring (bicyclic) bond motifs is 1. The Morgan fingerprint density at radius 2 is 2.00 bits per heavy atom. The first-order chi connectivity index (χ1) is 13.4. The minimum atomic E-state index is -0.477. The predicted octanol–water partition coefficient (Wildman–Crippen LogP) is 0.733. The molecule has 1 aliphatic heterocycles. The number of carbonyl (C=O) groups excluding carboxylic acids is 2. The zero-order valence-electron chi connectivity index (χ0n) is 16.8. The maximum Gasteiger partial charge on any atom is 0.237 e. The van der Waals surface area contributed by atoms with Gasteiger partial charge in [0.25, 0.3) is 0 Å². The standard InChI is InChI=1S/C20H27N5O3/c1-23(2)13-18(26)25-11-15-10-24(3)22-19(15)17(12-25)20(27)21-9-14-5-7-16(28-4)8-6-14/h5-8,10,17H,9,11-13H2,1-4H3,(H,21,27)/t17-/m0/s1. The highest BCUT2D eigenvalue weighted by atomic mass is 16.5. The van der Waals surface area contributed by atoms with Crippen LogP contribution in [0, 0.1) is 0 Å². The average Bonchev–Trinajstić information content (AvgIpc) is 3.05. The number of rotatable bonds is 6. The van der Waals surface area contributed by atoms with Gasteiger partial charge in [-0.15, -0.1) is 0 Å². The summed E-state index contributed by atoms with van der Waals surface area (Å²) in [6.45, 7) is 1.55. The lowest BCUT2D eigenvalue weighted by Crippen LogP contribution is -2.46. The normalized spacial score (nSPS) is 16.0. The van der Waals surface area contributed by atoms with Gasteiger partial charge < -0.3 is 19.9 Å². The van der Waals surface area contributed by atoms with E-state index >= 15 is 0 Å². The van der Waals surface area contributed by atoms with Gasteiger partial charge in [0, 0.05) is 38.4 Å². The van der Waals surface area contributed by atoms with Crippen molar-refractivity contribution < 1.29 is 14.3 Å². The van der Waals surface area contributed by atoms with Gasteiger partial charge in [-0.2, -0.15) is 5.10 Å². The summed E-state index contributed by atoms with van der Waals surface area (Å²) in [6.07, 6.45) is 1.88. The van der Waals surface area contributed by atoms with Crippen LogP contribution in [0.5, 0.6) is 5.75 Å². The maximum absolute atomic E-state index is 12.9. The number of carbonyl (C=O) groups is 2. The first-order valence-electron chi connectivity index (χ1n) is 9.23. The lowest BCUT2D eigenvalue weighted by Gasteiger charge is -2.32. The van der Waals surface area contributed by atoms with E-state index in [0.717, 1.165) is 22.6 Å². The number of likely N-dealkylation sites (N-methyl/N-ethyl adjacent to an activating group) is 1. The third-order valence-electron chi connectivity index (χ3n) is 4.78. The summed E-state index contributed by atoms with van der Waals surface area (Å²) >= 11 is 0. The second-order valence-electron chi connectivity index (χ2n) is 7.34. The molecule has 3 rings (SSSR count). The number of amides is 2. The van der Waals surface area contributed by atoms with Crippen molar-refractivity contribution >= 4 is 11.8 Å². The summed E-state index contributed by atoms with van der Waals surface area (Å²) in [5, 5.41) is 7.46. The lowest BCUT2D eigenvalue weighted by atomic mass is 9.95. The van der Waals surface area contributed by atoms with Gasteiger partial charge in [0.15, 0.2) is 0 Å². The van der Waals surface area contributed by atoms with Crippen molar-refractivity contribution in [2.75, 3.05) is 34.3 Å². The van der Waals surface area contributed by atoms with E-state index in [1.807, 2.05) is 56.5 Å². The van der Waals surface area contributed by atoms with E-state index in [2.05, 4.69) is 10.4 Å². The Morgan fingerprint density at radius 3 is 2.64 bits per heavy atom. The molecule has 0 saturated carbocycles. The van der Waals surface area contributed by atoms with Crippen molar-refractivity contribution in [2.24, 2.45) is 7.05 Å². The van der Waals surface area contributed by atoms with E-state index in [4.69, 9.17) is 4.74 Å². The molecule has 2 aromatic rings. The van der Waals surface area contributed by atoms with Crippen LogP contribution in [-0.2, 0) is 29.7 Å². The first-order valence-corrected chi connectivity index (χ1v) is 9.23. The molecule has 1 aromatic heterocycles. The van der Waals surface area contributed by atoms with Crippen LogP contribution >= 0.6 is 0 Å². The highest BCUT2D eigenvalue weighted by molar-refractivity contribution is 5.86. The van der Waals surface area contributed by atoms with E-state index in [1.165, 1.54) is 0 Å². The molecule has 0 aliphatic carbocycles. The highest BCUT2D eigenvalue weighted by Gasteiger charge is 2.35. The smallest absolute Gasteiger partial charge is 0.237 e. The number of hydrogen-bond acceptors (Lipinski definition) is 5. The SMILES string of the molecule is COc1ccc(CNC(=O)[C@H]2CN(C(=O)CN(C)C)Cc3cn(C)nc32)cc1. The summed E-state index contributed by atoms with van der Waals surface area (Å²) < 4.78 is 6.86. The number of nitrogens with one attached hydrogen (secondary N) is 1. The maximum atomic E-state index is 12.9. The van der Waals surface area contributed by atoms with Crippen molar-refractivity contribution in [3.63, 3.8) is 0 Å². The summed E-state index contributed by atoms with van der Waals surface area (Å²) in [5.74, 6) is 0.176.